The molecular weight excluding hydrogens is 142 g/mol. The summed E-state index contributed by atoms with van der Waals surface area (Å²) in [5.41, 5.74) is 0. The second-order valence-corrected chi connectivity index (χ2v) is 3.38. The van der Waals surface area contributed by atoms with Gasteiger partial charge in [-0.1, -0.05) is 0 Å². The minimum Gasteiger partial charge on any atom is -0.304 e. The van der Waals surface area contributed by atoms with Gasteiger partial charge in [0.2, 0.25) is 0 Å². The Morgan fingerprint density at radius 1 is 1.45 bits per heavy atom. The van der Waals surface area contributed by atoms with Gasteiger partial charge < -0.3 is 10.1 Å². The van der Waals surface area contributed by atoms with Crippen LogP contribution in [0.4, 0.5) is 0 Å². The van der Waals surface area contributed by atoms with E-state index in [-0.39, 0.29) is 23.8 Å². The molecule has 0 aromatic carbocycles. The number of hydrogen-bond donors (Lipinski definition) is 1. The Balaban J connectivity index is 2.19. The van der Waals surface area contributed by atoms with E-state index in [1.54, 1.807) is 0 Å². The molecule has 0 radical (unpaired) electrons. The van der Waals surface area contributed by atoms with Crippen LogP contribution in [0, 0.1) is 5.92 Å². The van der Waals surface area contributed by atoms with Crippen LogP contribution in [0.5, 0.6) is 0 Å². The molecule has 0 spiro atoms. The fourth-order valence-corrected chi connectivity index (χ4v) is 2.08. The zero-order chi connectivity index (χ0) is 7.84. The minimum atomic E-state index is -0.185. The fourth-order valence-electron chi connectivity index (χ4n) is 2.08. The molecule has 2 saturated heterocycles. The van der Waals surface area contributed by atoms with Crippen molar-refractivity contribution in [2.45, 2.75) is 31.3 Å². The van der Waals surface area contributed by atoms with E-state index < -0.39 is 0 Å². The van der Waals surface area contributed by atoms with Gasteiger partial charge in [-0.05, 0) is 12.8 Å². The number of Topliss-reactive ketones (excluding diaryl/α,β-unsaturated/α-hetero) is 1. The first-order chi connectivity index (χ1) is 5.31. The third kappa shape index (κ3) is 0.997. The van der Waals surface area contributed by atoms with Crippen molar-refractivity contribution in [1.29, 1.82) is 0 Å². The molecule has 3 atom stereocenters. The summed E-state index contributed by atoms with van der Waals surface area (Å²) in [5, 5.41) is 3.14. The van der Waals surface area contributed by atoms with E-state index in [2.05, 4.69) is 5.32 Å². The van der Waals surface area contributed by atoms with Crippen molar-refractivity contribution in [1.82, 2.24) is 5.32 Å². The Hall–Kier alpha value is -0.700. The Labute approximate surface area is 65.2 Å². The highest BCUT2D eigenvalue weighted by Crippen LogP contribution is 2.29. The van der Waals surface area contributed by atoms with Crippen LogP contribution in [0.2, 0.25) is 0 Å². The van der Waals surface area contributed by atoms with Crippen LogP contribution < -0.4 is 5.32 Å². The highest BCUT2D eigenvalue weighted by atomic mass is 16.1. The van der Waals surface area contributed by atoms with Gasteiger partial charge in [0.1, 0.15) is 12.1 Å². The van der Waals surface area contributed by atoms with Gasteiger partial charge >= 0.3 is 0 Å². The van der Waals surface area contributed by atoms with Crippen molar-refractivity contribution in [2.75, 3.05) is 0 Å². The van der Waals surface area contributed by atoms with Gasteiger partial charge in [0.05, 0.1) is 6.04 Å². The van der Waals surface area contributed by atoms with Crippen molar-refractivity contribution < 1.29 is 9.59 Å². The molecule has 2 bridgehead atoms. The van der Waals surface area contributed by atoms with Crippen LogP contribution in [0.3, 0.4) is 0 Å². The maximum absolute atomic E-state index is 11.2. The summed E-state index contributed by atoms with van der Waals surface area (Å²) in [4.78, 5) is 21.7. The predicted octanol–water partition coefficient (Wildman–Crippen LogP) is -0.105. The normalized spacial score (nSPS) is 42.5. The number of carbonyl (C=O) groups excluding carboxylic acids is 2. The third-order valence-corrected chi connectivity index (χ3v) is 2.70. The van der Waals surface area contributed by atoms with Gasteiger partial charge in [0.25, 0.3) is 0 Å². The monoisotopic (exact) mass is 153 g/mol. The van der Waals surface area contributed by atoms with Gasteiger partial charge in [-0.3, -0.25) is 4.79 Å². The van der Waals surface area contributed by atoms with Crippen LogP contribution in [-0.4, -0.2) is 24.2 Å². The number of carbonyl (C=O) groups is 2. The molecule has 2 heterocycles. The lowest BCUT2D eigenvalue weighted by Crippen LogP contribution is -2.57. The van der Waals surface area contributed by atoms with Crippen molar-refractivity contribution in [3.05, 3.63) is 0 Å². The smallest absolute Gasteiger partial charge is 0.139 e. The van der Waals surface area contributed by atoms with Gasteiger partial charge in [0.15, 0.2) is 0 Å². The molecule has 0 aromatic rings. The molecule has 0 aromatic heterocycles. The average Bonchev–Trinajstić information content (AvgIpc) is 2.04. The van der Waals surface area contributed by atoms with Crippen molar-refractivity contribution in [3.63, 3.8) is 0 Å². The molecule has 0 unspecified atom stereocenters. The number of hydrogen-bond acceptors (Lipinski definition) is 3. The number of fused-ring (bicyclic) bond motifs is 3. The molecule has 3 nitrogen and oxygen atoms in total. The van der Waals surface area contributed by atoms with Crippen molar-refractivity contribution >= 4 is 12.1 Å². The molecule has 3 aliphatic rings. The summed E-state index contributed by atoms with van der Waals surface area (Å²) in [6.07, 6.45) is 3.46. The molecule has 11 heavy (non-hydrogen) atoms. The van der Waals surface area contributed by atoms with Gasteiger partial charge in [-0.25, -0.2) is 0 Å². The maximum Gasteiger partial charge on any atom is 0.139 e. The molecule has 60 valence electrons. The first kappa shape index (κ1) is 6.98. The van der Waals surface area contributed by atoms with E-state index in [4.69, 9.17) is 0 Å². The largest absolute Gasteiger partial charge is 0.304 e. The summed E-state index contributed by atoms with van der Waals surface area (Å²) >= 11 is 0. The standard InChI is InChI=1S/C8H11NO2/c10-4-7-6-2-1-5(9-7)3-8(6)11/h4-7,9H,1-3H2/t5-,6-,7+/m0/s1. The Morgan fingerprint density at radius 3 is 2.73 bits per heavy atom. The highest BCUT2D eigenvalue weighted by Gasteiger charge is 2.40. The molecular formula is C8H11NO2. The number of aldehydes is 1. The first-order valence-electron chi connectivity index (χ1n) is 4.05. The fraction of sp³-hybridized carbons (Fsp3) is 0.750. The lowest BCUT2D eigenvalue weighted by molar-refractivity contribution is -0.132. The van der Waals surface area contributed by atoms with E-state index in [9.17, 15) is 9.59 Å². The van der Waals surface area contributed by atoms with Gasteiger partial charge in [-0.2, -0.15) is 0 Å². The average molecular weight is 153 g/mol. The van der Waals surface area contributed by atoms with Crippen LogP contribution in [-0.2, 0) is 9.59 Å². The summed E-state index contributed by atoms with van der Waals surface area (Å²) in [5.74, 6) is 0.259. The summed E-state index contributed by atoms with van der Waals surface area (Å²) < 4.78 is 0. The Kier molecular flexibility index (Phi) is 1.53. The number of piperidine rings is 2. The minimum absolute atomic E-state index is 0.0162. The molecule has 2 aliphatic heterocycles. The van der Waals surface area contributed by atoms with E-state index in [0.29, 0.717) is 6.42 Å². The predicted molar refractivity (Wildman–Crippen MR) is 39.1 cm³/mol. The van der Waals surface area contributed by atoms with E-state index >= 15 is 0 Å². The SMILES string of the molecule is O=C[C@H]1N[C@H]2CC[C@@H]1C(=O)C2. The highest BCUT2D eigenvalue weighted by molar-refractivity contribution is 5.87. The second-order valence-electron chi connectivity index (χ2n) is 3.38. The summed E-state index contributed by atoms with van der Waals surface area (Å²) in [7, 11) is 0. The molecule has 3 rings (SSSR count). The molecule has 1 N–H and O–H groups in total. The quantitative estimate of drug-likeness (QED) is 0.535. The first-order valence-corrected chi connectivity index (χ1v) is 4.05. The number of nitrogens with one attached hydrogen (secondary N) is 1. The lowest BCUT2D eigenvalue weighted by Gasteiger charge is -2.39. The van der Waals surface area contributed by atoms with Crippen LogP contribution in [0.25, 0.3) is 0 Å². The van der Waals surface area contributed by atoms with Gasteiger partial charge in [-0.15, -0.1) is 0 Å². The Morgan fingerprint density at radius 2 is 2.27 bits per heavy atom. The molecule has 0 amide bonds. The van der Waals surface area contributed by atoms with Crippen molar-refractivity contribution in [2.24, 2.45) is 5.92 Å². The second kappa shape index (κ2) is 2.41. The van der Waals surface area contributed by atoms with Crippen LogP contribution >= 0.6 is 0 Å². The lowest BCUT2D eigenvalue weighted by atomic mass is 9.76. The zero-order valence-electron chi connectivity index (χ0n) is 6.25. The number of ketones is 1. The van der Waals surface area contributed by atoms with Crippen LogP contribution in [0.1, 0.15) is 19.3 Å². The molecule has 1 saturated carbocycles. The molecule has 1 aliphatic carbocycles. The van der Waals surface area contributed by atoms with E-state index in [0.717, 1.165) is 19.1 Å². The van der Waals surface area contributed by atoms with E-state index in [1.165, 1.54) is 0 Å². The maximum atomic E-state index is 11.2. The molecule has 3 heteroatoms. The molecule has 3 fully saturated rings. The summed E-state index contributed by atoms with van der Waals surface area (Å²) in [6.45, 7) is 0. The van der Waals surface area contributed by atoms with E-state index in [1.807, 2.05) is 0 Å². The third-order valence-electron chi connectivity index (χ3n) is 2.70. The van der Waals surface area contributed by atoms with Gasteiger partial charge in [0, 0.05) is 18.4 Å². The number of rotatable bonds is 1. The summed E-state index contributed by atoms with van der Waals surface area (Å²) in [6, 6.07) is 0.0951. The van der Waals surface area contributed by atoms with Crippen molar-refractivity contribution in [3.8, 4) is 0 Å². The van der Waals surface area contributed by atoms with Crippen LogP contribution in [0.15, 0.2) is 0 Å². The zero-order valence-corrected chi connectivity index (χ0v) is 6.25. The topological polar surface area (TPSA) is 46.2 Å². The Bertz CT molecular complexity index is 202.